The maximum absolute atomic E-state index is 13.0. The Balaban J connectivity index is 1.37. The van der Waals surface area contributed by atoms with E-state index >= 15 is 0 Å². The number of benzene rings is 1. The number of piperidine rings is 1. The minimum absolute atomic E-state index is 0.269. The Kier molecular flexibility index (Phi) is 5.51. The van der Waals surface area contributed by atoms with Crippen molar-refractivity contribution in [2.24, 2.45) is 0 Å². The van der Waals surface area contributed by atoms with Crippen molar-refractivity contribution in [3.05, 3.63) is 66.4 Å². The highest BCUT2D eigenvalue weighted by Crippen LogP contribution is 2.26. The summed E-state index contributed by atoms with van der Waals surface area (Å²) in [6, 6.07) is 11.4. The zero-order valence-electron chi connectivity index (χ0n) is 17.7. The molecule has 4 N–H and O–H groups in total. The molecule has 0 unspecified atom stereocenters. The average Bonchev–Trinajstić information content (AvgIpc) is 3.23. The van der Waals surface area contributed by atoms with Gasteiger partial charge in [-0.3, -0.25) is 24.8 Å². The number of hydrogen-bond acceptors (Lipinski definition) is 6. The molecule has 3 aromatic heterocycles. The molecule has 1 aromatic carbocycles. The van der Waals surface area contributed by atoms with Crippen LogP contribution in [0.1, 0.15) is 35.4 Å². The van der Waals surface area contributed by atoms with E-state index in [2.05, 4.69) is 30.4 Å². The summed E-state index contributed by atoms with van der Waals surface area (Å²) in [5.41, 5.74) is 11.1. The molecule has 1 aliphatic rings. The van der Waals surface area contributed by atoms with Crippen LogP contribution in [0.2, 0.25) is 0 Å². The van der Waals surface area contributed by atoms with Crippen molar-refractivity contribution < 1.29 is 4.79 Å². The van der Waals surface area contributed by atoms with E-state index < -0.39 is 0 Å². The summed E-state index contributed by atoms with van der Waals surface area (Å²) in [6.07, 6.45) is 8.85. The molecule has 4 aromatic rings. The Morgan fingerprint density at radius 2 is 1.94 bits per heavy atom. The highest BCUT2D eigenvalue weighted by atomic mass is 16.1. The van der Waals surface area contributed by atoms with Crippen molar-refractivity contribution >= 4 is 28.2 Å². The first kappa shape index (κ1) is 20.1. The van der Waals surface area contributed by atoms with Crippen molar-refractivity contribution in [1.29, 1.82) is 0 Å². The molecule has 0 saturated carbocycles. The zero-order chi connectivity index (χ0) is 21.9. The molecular formula is C24H25N7O. The van der Waals surface area contributed by atoms with Crippen LogP contribution in [0.4, 0.5) is 11.4 Å². The van der Waals surface area contributed by atoms with Crippen molar-refractivity contribution in [1.82, 2.24) is 25.1 Å². The Bertz CT molecular complexity index is 1260. The first-order chi connectivity index (χ1) is 15.7. The fourth-order valence-electron chi connectivity index (χ4n) is 4.16. The molecule has 5 rings (SSSR count). The number of aromatic amines is 1. The second-order valence-electron chi connectivity index (χ2n) is 8.17. The van der Waals surface area contributed by atoms with Crippen LogP contribution in [0.3, 0.4) is 0 Å². The molecule has 0 atom stereocenters. The lowest BCUT2D eigenvalue weighted by Crippen LogP contribution is -2.29. The van der Waals surface area contributed by atoms with Gasteiger partial charge in [-0.05, 0) is 61.8 Å². The summed E-state index contributed by atoms with van der Waals surface area (Å²) in [5.74, 6) is -0.269. The number of anilines is 2. The normalized spacial score (nSPS) is 14.5. The van der Waals surface area contributed by atoms with Gasteiger partial charge in [0.1, 0.15) is 0 Å². The summed E-state index contributed by atoms with van der Waals surface area (Å²) in [4.78, 5) is 24.1. The first-order valence-corrected chi connectivity index (χ1v) is 10.8. The number of carbonyl (C=O) groups excluding carboxylic acids is 1. The smallest absolute Gasteiger partial charge is 0.276 e. The maximum atomic E-state index is 13.0. The SMILES string of the molecule is Nc1cncc(-c2ccc3[nH]nc(C(=O)Nc4ccnc(CN5CCCCC5)c4)c3c2)c1. The Labute approximate surface area is 185 Å². The minimum atomic E-state index is -0.269. The highest BCUT2D eigenvalue weighted by molar-refractivity contribution is 6.11. The fraction of sp³-hybridized carbons (Fsp3) is 0.250. The topological polar surface area (TPSA) is 113 Å². The third-order valence-corrected chi connectivity index (χ3v) is 5.78. The molecule has 1 aliphatic heterocycles. The highest BCUT2D eigenvalue weighted by Gasteiger charge is 2.16. The predicted molar refractivity (Wildman–Crippen MR) is 125 cm³/mol. The Hall–Kier alpha value is -3.78. The molecule has 8 nitrogen and oxygen atoms in total. The van der Waals surface area contributed by atoms with E-state index in [4.69, 9.17) is 5.73 Å². The van der Waals surface area contributed by atoms with Gasteiger partial charge < -0.3 is 11.1 Å². The number of carbonyl (C=O) groups is 1. The second-order valence-corrected chi connectivity index (χ2v) is 8.17. The summed E-state index contributed by atoms with van der Waals surface area (Å²) in [5, 5.41) is 10.9. The molecule has 162 valence electrons. The molecule has 1 saturated heterocycles. The number of fused-ring (bicyclic) bond motifs is 1. The van der Waals surface area contributed by atoms with Crippen LogP contribution in [0.25, 0.3) is 22.0 Å². The Morgan fingerprint density at radius 3 is 2.78 bits per heavy atom. The van der Waals surface area contributed by atoms with Crippen molar-refractivity contribution in [2.75, 3.05) is 24.1 Å². The van der Waals surface area contributed by atoms with Gasteiger partial charge in [0, 0.05) is 41.8 Å². The Morgan fingerprint density at radius 1 is 1.06 bits per heavy atom. The monoisotopic (exact) mass is 427 g/mol. The van der Waals surface area contributed by atoms with Gasteiger partial charge in [-0.2, -0.15) is 5.10 Å². The lowest BCUT2D eigenvalue weighted by molar-refractivity contribution is 0.102. The molecule has 0 radical (unpaired) electrons. The number of likely N-dealkylation sites (tertiary alicyclic amines) is 1. The summed E-state index contributed by atoms with van der Waals surface area (Å²) in [7, 11) is 0. The number of amides is 1. The van der Waals surface area contributed by atoms with Crippen molar-refractivity contribution in [2.45, 2.75) is 25.8 Å². The van der Waals surface area contributed by atoms with Gasteiger partial charge in [0.05, 0.1) is 16.9 Å². The predicted octanol–water partition coefficient (Wildman–Crippen LogP) is 3.84. The number of pyridine rings is 2. The van der Waals surface area contributed by atoms with Crippen LogP contribution in [-0.4, -0.2) is 44.1 Å². The number of nitrogens with one attached hydrogen (secondary N) is 2. The molecule has 1 fully saturated rings. The number of rotatable bonds is 5. The molecule has 0 bridgehead atoms. The molecule has 0 aliphatic carbocycles. The van der Waals surface area contributed by atoms with Crippen LogP contribution < -0.4 is 11.1 Å². The van der Waals surface area contributed by atoms with Crippen molar-refractivity contribution in [3.8, 4) is 11.1 Å². The number of aromatic nitrogens is 4. The molecule has 0 spiro atoms. The van der Waals surface area contributed by atoms with E-state index in [9.17, 15) is 4.79 Å². The first-order valence-electron chi connectivity index (χ1n) is 10.8. The van der Waals surface area contributed by atoms with Gasteiger partial charge in [0.15, 0.2) is 5.69 Å². The van der Waals surface area contributed by atoms with Gasteiger partial charge in [0.2, 0.25) is 0 Å². The molecular weight excluding hydrogens is 402 g/mol. The third-order valence-electron chi connectivity index (χ3n) is 5.78. The number of H-pyrrole nitrogens is 1. The fourth-order valence-corrected chi connectivity index (χ4v) is 4.16. The molecule has 8 heteroatoms. The van der Waals surface area contributed by atoms with Crippen LogP contribution >= 0.6 is 0 Å². The number of hydrogen-bond donors (Lipinski definition) is 3. The van der Waals surface area contributed by atoms with Crippen LogP contribution in [0.5, 0.6) is 0 Å². The van der Waals surface area contributed by atoms with Crippen LogP contribution in [-0.2, 0) is 6.54 Å². The standard InChI is InChI=1S/C24H25N7O/c25-18-10-17(13-26-14-18)16-4-5-22-21(11-16)23(30-29-22)24(32)28-19-6-7-27-20(12-19)15-31-8-2-1-3-9-31/h4-7,10-14H,1-3,8-9,15,25H2,(H,29,30)(H,27,28,32). The number of nitrogen functional groups attached to an aromatic ring is 1. The maximum Gasteiger partial charge on any atom is 0.276 e. The van der Waals surface area contributed by atoms with Crippen LogP contribution in [0.15, 0.2) is 55.0 Å². The summed E-state index contributed by atoms with van der Waals surface area (Å²) >= 11 is 0. The van der Waals surface area contributed by atoms with Gasteiger partial charge in [-0.15, -0.1) is 0 Å². The summed E-state index contributed by atoms with van der Waals surface area (Å²) in [6.45, 7) is 3.00. The molecule has 1 amide bonds. The molecule has 32 heavy (non-hydrogen) atoms. The van der Waals surface area contributed by atoms with E-state index in [1.165, 1.54) is 19.3 Å². The largest absolute Gasteiger partial charge is 0.397 e. The van der Waals surface area contributed by atoms with Gasteiger partial charge >= 0.3 is 0 Å². The lowest BCUT2D eigenvalue weighted by Gasteiger charge is -2.26. The zero-order valence-corrected chi connectivity index (χ0v) is 17.7. The van der Waals surface area contributed by atoms with E-state index in [1.807, 2.05) is 30.3 Å². The van der Waals surface area contributed by atoms with E-state index in [0.29, 0.717) is 17.1 Å². The quantitative estimate of drug-likeness (QED) is 0.446. The van der Waals surface area contributed by atoms with E-state index in [1.54, 1.807) is 24.7 Å². The minimum Gasteiger partial charge on any atom is -0.397 e. The third kappa shape index (κ3) is 4.31. The van der Waals surface area contributed by atoms with E-state index in [0.717, 1.165) is 47.4 Å². The van der Waals surface area contributed by atoms with Crippen molar-refractivity contribution in [3.63, 3.8) is 0 Å². The van der Waals surface area contributed by atoms with Gasteiger partial charge in [0.25, 0.3) is 5.91 Å². The molecule has 4 heterocycles. The van der Waals surface area contributed by atoms with Gasteiger partial charge in [-0.25, -0.2) is 0 Å². The van der Waals surface area contributed by atoms with E-state index in [-0.39, 0.29) is 5.91 Å². The lowest BCUT2D eigenvalue weighted by atomic mass is 10.0. The number of nitrogens with two attached hydrogens (primary N) is 1. The van der Waals surface area contributed by atoms with Gasteiger partial charge in [-0.1, -0.05) is 12.5 Å². The van der Waals surface area contributed by atoms with Crippen LogP contribution in [0, 0.1) is 0 Å². The average molecular weight is 428 g/mol. The second kappa shape index (κ2) is 8.76. The number of nitrogens with zero attached hydrogens (tertiary/aromatic N) is 4. The summed E-state index contributed by atoms with van der Waals surface area (Å²) < 4.78 is 0.